The van der Waals surface area contributed by atoms with Gasteiger partial charge in [0, 0.05) is 10.0 Å². The summed E-state index contributed by atoms with van der Waals surface area (Å²) in [7, 11) is 0. The number of nitrogens with one attached hydrogen (secondary N) is 1. The summed E-state index contributed by atoms with van der Waals surface area (Å²) < 4.78 is 13.3. The van der Waals surface area contributed by atoms with E-state index in [0.717, 1.165) is 28.1 Å². The van der Waals surface area contributed by atoms with Crippen LogP contribution in [0.2, 0.25) is 10.0 Å². The van der Waals surface area contributed by atoms with Gasteiger partial charge in [0.15, 0.2) is 5.76 Å². The number of nitrogens with zero attached hydrogens (tertiary/aromatic N) is 2. The predicted molar refractivity (Wildman–Crippen MR) is 134 cm³/mol. The van der Waals surface area contributed by atoms with Crippen LogP contribution < -0.4 is 10.1 Å². The number of ether oxygens (including phenoxy) is 1. The number of halogens is 2. The van der Waals surface area contributed by atoms with Gasteiger partial charge in [-0.05, 0) is 80.8 Å². The van der Waals surface area contributed by atoms with Gasteiger partial charge in [0.05, 0.1) is 23.6 Å². The van der Waals surface area contributed by atoms with Gasteiger partial charge in [0.1, 0.15) is 18.1 Å². The molecular formula is C26H25Cl2N3O3. The molecule has 1 N–H and O–H groups in total. The Morgan fingerprint density at radius 2 is 1.76 bits per heavy atom. The van der Waals surface area contributed by atoms with Crippen LogP contribution in [-0.4, -0.2) is 15.7 Å². The van der Waals surface area contributed by atoms with Gasteiger partial charge in [-0.1, -0.05) is 35.3 Å². The summed E-state index contributed by atoms with van der Waals surface area (Å²) in [5, 5.41) is 8.62. The van der Waals surface area contributed by atoms with E-state index in [1.165, 1.54) is 0 Å². The number of rotatable bonds is 7. The molecule has 2 aromatic carbocycles. The SMILES string of the molecule is Cc1cc(C)cc(OCc2ccc(C(=O)Nc3c(C)nn(Cc4ccc(Cl)cc4Cl)c3C)o2)c1. The molecule has 176 valence electrons. The van der Waals surface area contributed by atoms with Crippen LogP contribution in [0.1, 0.15) is 44.4 Å². The Hall–Kier alpha value is -3.22. The van der Waals surface area contributed by atoms with Crippen molar-refractivity contribution in [3.63, 3.8) is 0 Å². The first-order chi connectivity index (χ1) is 16.2. The van der Waals surface area contributed by atoms with Gasteiger partial charge >= 0.3 is 0 Å². The van der Waals surface area contributed by atoms with Crippen LogP contribution in [0, 0.1) is 27.7 Å². The van der Waals surface area contributed by atoms with Crippen LogP contribution in [0.25, 0.3) is 0 Å². The van der Waals surface area contributed by atoms with Gasteiger partial charge in [-0.3, -0.25) is 9.48 Å². The third-order valence-electron chi connectivity index (χ3n) is 5.42. The highest BCUT2D eigenvalue weighted by atomic mass is 35.5. The average molecular weight is 498 g/mol. The first-order valence-corrected chi connectivity index (χ1v) is 11.5. The molecule has 8 heteroatoms. The van der Waals surface area contributed by atoms with E-state index in [1.807, 2.05) is 45.9 Å². The van der Waals surface area contributed by atoms with Gasteiger partial charge in [-0.2, -0.15) is 5.10 Å². The highest BCUT2D eigenvalue weighted by molar-refractivity contribution is 6.35. The topological polar surface area (TPSA) is 69.3 Å². The summed E-state index contributed by atoms with van der Waals surface area (Å²) in [4.78, 5) is 12.8. The normalized spacial score (nSPS) is 11.0. The van der Waals surface area contributed by atoms with E-state index in [2.05, 4.69) is 16.5 Å². The Kier molecular flexibility index (Phi) is 7.00. The number of carbonyl (C=O) groups is 1. The molecule has 4 aromatic rings. The number of hydrogen-bond acceptors (Lipinski definition) is 4. The van der Waals surface area contributed by atoms with Crippen LogP contribution >= 0.6 is 23.2 Å². The first-order valence-electron chi connectivity index (χ1n) is 10.8. The van der Waals surface area contributed by atoms with Crippen LogP contribution in [0.3, 0.4) is 0 Å². The Morgan fingerprint density at radius 3 is 2.47 bits per heavy atom. The van der Waals surface area contributed by atoms with Crippen molar-refractivity contribution in [1.29, 1.82) is 0 Å². The molecule has 0 unspecified atom stereocenters. The molecule has 2 aromatic heterocycles. The van der Waals surface area contributed by atoms with E-state index >= 15 is 0 Å². The van der Waals surface area contributed by atoms with Gasteiger partial charge in [-0.25, -0.2) is 0 Å². The van der Waals surface area contributed by atoms with E-state index in [9.17, 15) is 4.79 Å². The summed E-state index contributed by atoms with van der Waals surface area (Å²) in [5.74, 6) is 1.17. The van der Waals surface area contributed by atoms with E-state index in [4.69, 9.17) is 32.4 Å². The number of hydrogen-bond donors (Lipinski definition) is 1. The van der Waals surface area contributed by atoms with Crippen molar-refractivity contribution >= 4 is 34.8 Å². The van der Waals surface area contributed by atoms with E-state index in [-0.39, 0.29) is 18.3 Å². The van der Waals surface area contributed by atoms with E-state index in [1.54, 1.807) is 28.9 Å². The fourth-order valence-electron chi connectivity index (χ4n) is 3.77. The zero-order valence-electron chi connectivity index (χ0n) is 19.4. The smallest absolute Gasteiger partial charge is 0.291 e. The van der Waals surface area contributed by atoms with Crippen LogP contribution in [-0.2, 0) is 13.2 Å². The van der Waals surface area contributed by atoms with Crippen molar-refractivity contribution < 1.29 is 13.9 Å². The maximum Gasteiger partial charge on any atom is 0.291 e. The lowest BCUT2D eigenvalue weighted by atomic mass is 10.1. The first kappa shape index (κ1) is 23.9. The fraction of sp³-hybridized carbons (Fsp3) is 0.231. The molecule has 0 bridgehead atoms. The molecule has 34 heavy (non-hydrogen) atoms. The molecule has 0 fully saturated rings. The Labute approximate surface area is 208 Å². The molecule has 6 nitrogen and oxygen atoms in total. The van der Waals surface area contributed by atoms with Crippen molar-refractivity contribution in [2.75, 3.05) is 5.32 Å². The molecular weight excluding hydrogens is 473 g/mol. The second-order valence-corrected chi connectivity index (χ2v) is 9.12. The molecule has 0 saturated heterocycles. The molecule has 2 heterocycles. The quantitative estimate of drug-likeness (QED) is 0.301. The van der Waals surface area contributed by atoms with Gasteiger partial charge < -0.3 is 14.5 Å². The second-order valence-electron chi connectivity index (χ2n) is 8.27. The monoisotopic (exact) mass is 497 g/mol. The fourth-order valence-corrected chi connectivity index (χ4v) is 4.23. The number of furan rings is 1. The molecule has 0 saturated carbocycles. The summed E-state index contributed by atoms with van der Waals surface area (Å²) in [6, 6.07) is 14.7. The molecule has 0 aliphatic rings. The molecule has 0 atom stereocenters. The zero-order chi connectivity index (χ0) is 24.4. The summed E-state index contributed by atoms with van der Waals surface area (Å²) >= 11 is 12.3. The minimum Gasteiger partial charge on any atom is -0.486 e. The summed E-state index contributed by atoms with van der Waals surface area (Å²) in [6.07, 6.45) is 0. The highest BCUT2D eigenvalue weighted by Crippen LogP contribution is 2.26. The number of benzene rings is 2. The summed E-state index contributed by atoms with van der Waals surface area (Å²) in [6.45, 7) is 8.46. The molecule has 0 aliphatic heterocycles. The maximum atomic E-state index is 12.8. The third-order valence-corrected chi connectivity index (χ3v) is 6.00. The number of carbonyl (C=O) groups excluding carboxylic acids is 1. The zero-order valence-corrected chi connectivity index (χ0v) is 20.9. The second kappa shape index (κ2) is 9.95. The molecule has 0 spiro atoms. The average Bonchev–Trinajstić information content (AvgIpc) is 3.34. The molecule has 0 aliphatic carbocycles. The van der Waals surface area contributed by atoms with E-state index < -0.39 is 0 Å². The van der Waals surface area contributed by atoms with Crippen molar-refractivity contribution in [3.05, 3.63) is 98.2 Å². The Bertz CT molecular complexity index is 1340. The van der Waals surface area contributed by atoms with Crippen molar-refractivity contribution in [1.82, 2.24) is 9.78 Å². The lowest BCUT2D eigenvalue weighted by Crippen LogP contribution is -2.12. The third kappa shape index (κ3) is 5.46. The van der Waals surface area contributed by atoms with Crippen molar-refractivity contribution in [3.8, 4) is 5.75 Å². The van der Waals surface area contributed by atoms with Crippen molar-refractivity contribution in [2.24, 2.45) is 0 Å². The Balaban J connectivity index is 1.43. The number of aromatic nitrogens is 2. The summed E-state index contributed by atoms with van der Waals surface area (Å²) in [5.41, 5.74) is 5.27. The van der Waals surface area contributed by atoms with Crippen LogP contribution in [0.4, 0.5) is 5.69 Å². The highest BCUT2D eigenvalue weighted by Gasteiger charge is 2.18. The molecule has 0 radical (unpaired) electrons. The van der Waals surface area contributed by atoms with E-state index in [0.29, 0.717) is 33.7 Å². The van der Waals surface area contributed by atoms with Gasteiger partial charge in [0.2, 0.25) is 0 Å². The van der Waals surface area contributed by atoms with Crippen molar-refractivity contribution in [2.45, 2.75) is 40.8 Å². The standard InChI is InChI=1S/C26H25Cl2N3O3/c1-15-9-16(2)11-22(10-15)33-14-21-7-8-24(34-21)26(32)29-25-17(3)30-31(18(25)4)13-19-5-6-20(27)12-23(19)28/h5-12H,13-14H2,1-4H3,(H,29,32). The lowest BCUT2D eigenvalue weighted by molar-refractivity contribution is 0.0992. The van der Waals surface area contributed by atoms with Crippen LogP contribution in [0.15, 0.2) is 52.9 Å². The minimum absolute atomic E-state index is 0.200. The molecule has 4 rings (SSSR count). The van der Waals surface area contributed by atoms with Crippen LogP contribution in [0.5, 0.6) is 5.75 Å². The number of anilines is 1. The number of aryl methyl sites for hydroxylation is 3. The minimum atomic E-state index is -0.354. The largest absolute Gasteiger partial charge is 0.486 e. The maximum absolute atomic E-state index is 12.8. The predicted octanol–water partition coefficient (Wildman–Crippen LogP) is 6.90. The lowest BCUT2D eigenvalue weighted by Gasteiger charge is -2.08. The number of amides is 1. The van der Waals surface area contributed by atoms with Gasteiger partial charge in [0.25, 0.3) is 5.91 Å². The molecule has 1 amide bonds. The Morgan fingerprint density at radius 1 is 1.03 bits per heavy atom. The van der Waals surface area contributed by atoms with Gasteiger partial charge in [-0.15, -0.1) is 0 Å².